The first-order chi connectivity index (χ1) is 9.13. The van der Waals surface area contributed by atoms with Crippen LogP contribution in [0.1, 0.15) is 11.1 Å². The highest BCUT2D eigenvalue weighted by atomic mass is 35.5. The van der Waals surface area contributed by atoms with Gasteiger partial charge in [0.25, 0.3) is 0 Å². The molecule has 4 heteroatoms. The topological polar surface area (TPSA) is 22.0 Å². The Kier molecular flexibility index (Phi) is 3.17. The molecule has 0 fully saturated rings. The van der Waals surface area contributed by atoms with Crippen molar-refractivity contribution in [3.05, 3.63) is 68.3 Å². The van der Waals surface area contributed by atoms with Gasteiger partial charge in [0.05, 0.1) is 10.2 Å². The fraction of sp³-hybridized carbons (Fsp3) is 0.133. The van der Waals surface area contributed by atoms with Gasteiger partial charge in [0.2, 0.25) is 0 Å². The van der Waals surface area contributed by atoms with E-state index in [1.807, 2.05) is 30.3 Å². The summed E-state index contributed by atoms with van der Waals surface area (Å²) in [4.78, 5) is 11.7. The zero-order valence-corrected chi connectivity index (χ0v) is 12.0. The van der Waals surface area contributed by atoms with Crippen molar-refractivity contribution in [1.82, 2.24) is 4.57 Å². The molecule has 96 valence electrons. The molecule has 0 aliphatic heterocycles. The van der Waals surface area contributed by atoms with Crippen LogP contribution in [0.3, 0.4) is 0 Å². The molecule has 0 saturated carbocycles. The third-order valence-electron chi connectivity index (χ3n) is 3.18. The second-order valence-corrected chi connectivity index (χ2v) is 5.96. The Bertz CT molecular complexity index is 786. The number of rotatable bonds is 2. The summed E-state index contributed by atoms with van der Waals surface area (Å²) in [7, 11) is 1.81. The second kappa shape index (κ2) is 4.83. The lowest BCUT2D eigenvalue weighted by molar-refractivity contribution is 0.938. The van der Waals surface area contributed by atoms with Crippen LogP contribution in [0.25, 0.3) is 10.2 Å². The minimum atomic E-state index is 0.0821. The largest absolute Gasteiger partial charge is 0.307 e. The summed E-state index contributed by atoms with van der Waals surface area (Å²) in [6.45, 7) is 0. The van der Waals surface area contributed by atoms with E-state index in [1.54, 1.807) is 11.6 Å². The molecule has 19 heavy (non-hydrogen) atoms. The summed E-state index contributed by atoms with van der Waals surface area (Å²) in [5.74, 6) is 0. The number of nitrogens with zero attached hydrogens (tertiary/aromatic N) is 1. The van der Waals surface area contributed by atoms with E-state index < -0.39 is 0 Å². The second-order valence-electron chi connectivity index (χ2n) is 4.53. The number of fused-ring (bicyclic) bond motifs is 1. The average molecular weight is 290 g/mol. The minimum absolute atomic E-state index is 0.0821. The van der Waals surface area contributed by atoms with Crippen LogP contribution in [0.4, 0.5) is 0 Å². The van der Waals surface area contributed by atoms with Crippen LogP contribution in [0, 0.1) is 0 Å². The summed E-state index contributed by atoms with van der Waals surface area (Å²) < 4.78 is 2.73. The standard InChI is InChI=1S/C15H12ClNOS/c1-17-13-7-4-11(9-14(13)19-15(17)18)8-10-2-5-12(16)6-3-10/h2-7,9H,8H2,1H3. The van der Waals surface area contributed by atoms with Crippen LogP contribution in [0.5, 0.6) is 0 Å². The highest BCUT2D eigenvalue weighted by Crippen LogP contribution is 2.20. The summed E-state index contributed by atoms with van der Waals surface area (Å²) in [5.41, 5.74) is 3.42. The Morgan fingerprint density at radius 1 is 1.11 bits per heavy atom. The molecular formula is C15H12ClNOS. The van der Waals surface area contributed by atoms with E-state index in [9.17, 15) is 4.79 Å². The lowest BCUT2D eigenvalue weighted by Gasteiger charge is -2.03. The van der Waals surface area contributed by atoms with Gasteiger partial charge >= 0.3 is 4.87 Å². The van der Waals surface area contributed by atoms with Gasteiger partial charge in [-0.25, -0.2) is 0 Å². The number of hydrogen-bond donors (Lipinski definition) is 0. The molecule has 0 aliphatic carbocycles. The van der Waals surface area contributed by atoms with Crippen molar-refractivity contribution in [3.63, 3.8) is 0 Å². The van der Waals surface area contributed by atoms with Crippen molar-refractivity contribution < 1.29 is 0 Å². The van der Waals surface area contributed by atoms with Crippen LogP contribution < -0.4 is 4.87 Å². The quantitative estimate of drug-likeness (QED) is 0.702. The summed E-state index contributed by atoms with van der Waals surface area (Å²) in [6, 6.07) is 14.0. The van der Waals surface area contributed by atoms with Crippen molar-refractivity contribution in [2.45, 2.75) is 6.42 Å². The third kappa shape index (κ3) is 2.44. The average Bonchev–Trinajstić information content (AvgIpc) is 2.68. The molecular weight excluding hydrogens is 278 g/mol. The molecule has 0 N–H and O–H groups in total. The molecule has 3 rings (SSSR count). The fourth-order valence-corrected chi connectivity index (χ4v) is 3.20. The number of hydrogen-bond acceptors (Lipinski definition) is 2. The van der Waals surface area contributed by atoms with E-state index in [0.717, 1.165) is 21.7 Å². The van der Waals surface area contributed by atoms with Gasteiger partial charge in [-0.2, -0.15) is 0 Å². The summed E-state index contributed by atoms with van der Waals surface area (Å²) in [6.07, 6.45) is 0.850. The van der Waals surface area contributed by atoms with Gasteiger partial charge < -0.3 is 4.57 Å². The molecule has 0 spiro atoms. The number of aryl methyl sites for hydroxylation is 1. The van der Waals surface area contributed by atoms with Gasteiger partial charge in [-0.3, -0.25) is 4.79 Å². The van der Waals surface area contributed by atoms with Crippen LogP contribution in [-0.2, 0) is 13.5 Å². The van der Waals surface area contributed by atoms with E-state index in [-0.39, 0.29) is 4.87 Å². The van der Waals surface area contributed by atoms with Crippen LogP contribution >= 0.6 is 22.9 Å². The fourth-order valence-electron chi connectivity index (χ4n) is 2.13. The first-order valence-electron chi connectivity index (χ1n) is 5.96. The third-order valence-corrected chi connectivity index (χ3v) is 4.43. The molecule has 0 radical (unpaired) electrons. The molecule has 0 amide bonds. The first-order valence-corrected chi connectivity index (χ1v) is 7.16. The lowest BCUT2D eigenvalue weighted by Crippen LogP contribution is -2.06. The summed E-state index contributed by atoms with van der Waals surface area (Å²) in [5, 5.41) is 0.750. The molecule has 0 aliphatic rings. The van der Waals surface area contributed by atoms with Crippen molar-refractivity contribution in [2.75, 3.05) is 0 Å². The van der Waals surface area contributed by atoms with Gasteiger partial charge in [-0.1, -0.05) is 41.1 Å². The maximum Gasteiger partial charge on any atom is 0.307 e. The predicted octanol–water partition coefficient (Wildman–Crippen LogP) is 3.84. The molecule has 2 aromatic carbocycles. The van der Waals surface area contributed by atoms with E-state index >= 15 is 0 Å². The Hall–Kier alpha value is -1.58. The molecule has 1 heterocycles. The van der Waals surface area contributed by atoms with Crippen molar-refractivity contribution >= 4 is 33.2 Å². The zero-order valence-electron chi connectivity index (χ0n) is 10.4. The van der Waals surface area contributed by atoms with E-state index in [1.165, 1.54) is 22.5 Å². The summed E-state index contributed by atoms with van der Waals surface area (Å²) >= 11 is 7.17. The molecule has 0 saturated heterocycles. The van der Waals surface area contributed by atoms with Crippen molar-refractivity contribution in [1.29, 1.82) is 0 Å². The molecule has 0 unspecified atom stereocenters. The monoisotopic (exact) mass is 289 g/mol. The normalized spacial score (nSPS) is 11.1. The van der Waals surface area contributed by atoms with E-state index in [2.05, 4.69) is 12.1 Å². The Morgan fingerprint density at radius 3 is 2.53 bits per heavy atom. The molecule has 3 aromatic rings. The van der Waals surface area contributed by atoms with Crippen molar-refractivity contribution in [3.8, 4) is 0 Å². The number of benzene rings is 2. The van der Waals surface area contributed by atoms with Crippen LogP contribution in [-0.4, -0.2) is 4.57 Å². The predicted molar refractivity (Wildman–Crippen MR) is 81.3 cm³/mol. The SMILES string of the molecule is Cn1c(=O)sc2cc(Cc3ccc(Cl)cc3)ccc21. The first kappa shape index (κ1) is 12.5. The Balaban J connectivity index is 1.97. The molecule has 1 aromatic heterocycles. The maximum absolute atomic E-state index is 11.6. The van der Waals surface area contributed by atoms with Crippen LogP contribution in [0.2, 0.25) is 5.02 Å². The highest BCUT2D eigenvalue weighted by molar-refractivity contribution is 7.16. The minimum Gasteiger partial charge on any atom is -0.302 e. The highest BCUT2D eigenvalue weighted by Gasteiger charge is 2.05. The van der Waals surface area contributed by atoms with Crippen molar-refractivity contribution in [2.24, 2.45) is 7.05 Å². The van der Waals surface area contributed by atoms with E-state index in [4.69, 9.17) is 11.6 Å². The van der Waals surface area contributed by atoms with E-state index in [0.29, 0.717) is 0 Å². The smallest absolute Gasteiger partial charge is 0.302 e. The molecule has 0 bridgehead atoms. The van der Waals surface area contributed by atoms with Gasteiger partial charge in [-0.15, -0.1) is 0 Å². The van der Waals surface area contributed by atoms with Gasteiger partial charge in [0.15, 0.2) is 0 Å². The number of aromatic nitrogens is 1. The van der Waals surface area contributed by atoms with Gasteiger partial charge in [-0.05, 0) is 41.8 Å². The van der Waals surface area contributed by atoms with Gasteiger partial charge in [0.1, 0.15) is 0 Å². The maximum atomic E-state index is 11.6. The van der Waals surface area contributed by atoms with Gasteiger partial charge in [0, 0.05) is 12.1 Å². The van der Waals surface area contributed by atoms with Crippen LogP contribution in [0.15, 0.2) is 47.3 Å². The Morgan fingerprint density at radius 2 is 1.79 bits per heavy atom. The molecule has 0 atom stereocenters. The lowest BCUT2D eigenvalue weighted by atomic mass is 10.1. The number of halogens is 1. The number of thiazole rings is 1. The zero-order chi connectivity index (χ0) is 13.4. The molecule has 2 nitrogen and oxygen atoms in total. The Labute approximate surface area is 119 Å².